The summed E-state index contributed by atoms with van der Waals surface area (Å²) in [6.45, 7) is 21.1. The van der Waals surface area contributed by atoms with Gasteiger partial charge < -0.3 is 15.2 Å². The fourth-order valence-corrected chi connectivity index (χ4v) is 11.0. The summed E-state index contributed by atoms with van der Waals surface area (Å²) in [6, 6.07) is 1.99. The van der Waals surface area contributed by atoms with Gasteiger partial charge in [0.1, 0.15) is 0 Å². The van der Waals surface area contributed by atoms with Gasteiger partial charge in [0, 0.05) is 35.5 Å². The van der Waals surface area contributed by atoms with Crippen LogP contribution in [-0.4, -0.2) is 23.1 Å². The molecule has 236 valence electrons. The Morgan fingerprint density at radius 2 is 1.56 bits per heavy atom. The maximum Gasteiger partial charge on any atom is 0.308 e. The van der Waals surface area contributed by atoms with Gasteiger partial charge in [0.2, 0.25) is 5.91 Å². The summed E-state index contributed by atoms with van der Waals surface area (Å²) in [5.41, 5.74) is 10.1. The summed E-state index contributed by atoms with van der Waals surface area (Å²) in [5, 5.41) is 0.435. The van der Waals surface area contributed by atoms with Gasteiger partial charge in [0.15, 0.2) is 11.5 Å². The minimum absolute atomic E-state index is 0.00152. The van der Waals surface area contributed by atoms with E-state index in [2.05, 4.69) is 54.5 Å². The summed E-state index contributed by atoms with van der Waals surface area (Å²) in [7, 11) is 0. The second-order valence-corrected chi connectivity index (χ2v) is 17.3. The van der Waals surface area contributed by atoms with Gasteiger partial charge in [-0.05, 0) is 96.5 Å². The normalized spacial score (nSPS) is 38.2. The SMILES string of the molecule is CC(=O)Oc1cc2c(c(C)c1OC(C)=O)C(SC(C)C)C=C1C3(C)CC[C@@]4(C)CC[C@@](C)(C(N)=O)C[C@H]4[C@]3(C)CC[C@]12C. The predicted molar refractivity (Wildman–Crippen MR) is 172 cm³/mol. The predicted octanol–water partition coefficient (Wildman–Crippen LogP) is 8.12. The molecule has 0 aliphatic heterocycles. The van der Waals surface area contributed by atoms with Crippen LogP contribution in [0.1, 0.15) is 129 Å². The highest BCUT2D eigenvalue weighted by atomic mass is 32.2. The number of hydrogen-bond acceptors (Lipinski definition) is 6. The van der Waals surface area contributed by atoms with Crippen LogP contribution in [-0.2, 0) is 19.8 Å². The highest BCUT2D eigenvalue weighted by Gasteiger charge is 2.67. The number of carbonyl (C=O) groups is 3. The summed E-state index contributed by atoms with van der Waals surface area (Å²) in [4.78, 5) is 37.2. The van der Waals surface area contributed by atoms with Crippen molar-refractivity contribution in [1.82, 2.24) is 0 Å². The Labute approximate surface area is 262 Å². The third-order valence-electron chi connectivity index (χ3n) is 12.5. The van der Waals surface area contributed by atoms with Gasteiger partial charge in [-0.25, -0.2) is 0 Å². The van der Waals surface area contributed by atoms with Gasteiger partial charge in [0.25, 0.3) is 0 Å². The van der Waals surface area contributed by atoms with E-state index in [9.17, 15) is 14.4 Å². The molecule has 0 spiro atoms. The largest absolute Gasteiger partial charge is 0.423 e. The lowest BCUT2D eigenvalue weighted by Crippen LogP contribution is -2.63. The van der Waals surface area contributed by atoms with Crippen LogP contribution in [0.3, 0.4) is 0 Å². The van der Waals surface area contributed by atoms with E-state index < -0.39 is 17.4 Å². The maximum atomic E-state index is 12.7. The van der Waals surface area contributed by atoms with E-state index in [1.54, 1.807) is 0 Å². The van der Waals surface area contributed by atoms with E-state index in [1.807, 2.05) is 24.8 Å². The zero-order valence-corrected chi connectivity index (χ0v) is 28.7. The van der Waals surface area contributed by atoms with Crippen molar-refractivity contribution in [2.45, 2.75) is 130 Å². The number of hydrogen-bond donors (Lipinski definition) is 1. The zero-order valence-electron chi connectivity index (χ0n) is 27.9. The summed E-state index contributed by atoms with van der Waals surface area (Å²) < 4.78 is 11.4. The third kappa shape index (κ3) is 4.78. The molecule has 2 N–H and O–H groups in total. The molecule has 6 nitrogen and oxygen atoms in total. The van der Waals surface area contributed by atoms with Crippen LogP contribution in [0, 0.1) is 34.5 Å². The van der Waals surface area contributed by atoms with Gasteiger partial charge in [0.05, 0.1) is 0 Å². The standard InChI is InChI=1S/C36H51NO5S/c1-20(2)43-26-18-27-34(8,24-17-25(41-22(4)38)30(42-23(5)39)21(3)29(24)26)14-16-36(10)28-19-33(7,31(37)40)12-11-32(28,6)13-15-35(27,36)9/h17-18,20,26,28H,11-16,19H2,1-10H3,(H2,37,40)/t26?,28-,32-,33-,34+,35?,36+/m1/s1. The number of thioether (sulfide) groups is 1. The van der Waals surface area contributed by atoms with Crippen LogP contribution in [0.2, 0.25) is 0 Å². The van der Waals surface area contributed by atoms with Crippen molar-refractivity contribution in [2.24, 2.45) is 33.3 Å². The first-order valence-electron chi connectivity index (χ1n) is 16.0. The smallest absolute Gasteiger partial charge is 0.308 e. The quantitative estimate of drug-likeness (QED) is 0.206. The number of carbonyl (C=O) groups excluding carboxylic acids is 3. The van der Waals surface area contributed by atoms with Crippen molar-refractivity contribution >= 4 is 29.6 Å². The molecule has 5 rings (SSSR count). The molecule has 0 aromatic heterocycles. The molecule has 2 unspecified atom stereocenters. The molecule has 4 aliphatic carbocycles. The Kier molecular flexibility index (Phi) is 7.76. The Bertz CT molecular complexity index is 1420. The number of amides is 1. The molecule has 4 aliphatic rings. The van der Waals surface area contributed by atoms with E-state index in [0.717, 1.165) is 50.5 Å². The number of primary amides is 1. The number of esters is 2. The van der Waals surface area contributed by atoms with Crippen molar-refractivity contribution in [3.8, 4) is 11.5 Å². The highest BCUT2D eigenvalue weighted by molar-refractivity contribution is 8.00. The minimum atomic E-state index is -0.473. The number of allylic oxidation sites excluding steroid dienone is 1. The molecule has 7 heteroatoms. The molecular weight excluding hydrogens is 558 g/mol. The molecular formula is C36H51NO5S. The maximum absolute atomic E-state index is 12.7. The Morgan fingerprint density at radius 3 is 2.14 bits per heavy atom. The van der Waals surface area contributed by atoms with Crippen molar-refractivity contribution in [3.05, 3.63) is 34.4 Å². The van der Waals surface area contributed by atoms with Crippen molar-refractivity contribution in [2.75, 3.05) is 0 Å². The molecule has 0 bridgehead atoms. The molecule has 1 aromatic carbocycles. The summed E-state index contributed by atoms with van der Waals surface area (Å²) in [6.07, 6.45) is 9.50. The highest BCUT2D eigenvalue weighted by Crippen LogP contribution is 2.75. The van der Waals surface area contributed by atoms with Crippen LogP contribution < -0.4 is 15.2 Å². The van der Waals surface area contributed by atoms with Gasteiger partial charge >= 0.3 is 11.9 Å². The first-order chi connectivity index (χ1) is 19.8. The van der Waals surface area contributed by atoms with E-state index in [-0.39, 0.29) is 32.8 Å². The van der Waals surface area contributed by atoms with Gasteiger partial charge in [-0.2, -0.15) is 0 Å². The van der Waals surface area contributed by atoms with Gasteiger partial charge in [-0.3, -0.25) is 14.4 Å². The molecule has 3 fully saturated rings. The van der Waals surface area contributed by atoms with E-state index in [0.29, 0.717) is 22.7 Å². The number of fused-ring (bicyclic) bond motifs is 7. The molecule has 0 radical (unpaired) electrons. The van der Waals surface area contributed by atoms with Crippen molar-refractivity contribution < 1.29 is 23.9 Å². The van der Waals surface area contributed by atoms with Crippen molar-refractivity contribution in [3.63, 3.8) is 0 Å². The fourth-order valence-electron chi connectivity index (χ4n) is 9.79. The molecule has 1 amide bonds. The molecule has 7 atom stereocenters. The van der Waals surface area contributed by atoms with Crippen LogP contribution in [0.5, 0.6) is 11.5 Å². The molecule has 1 aromatic rings. The first-order valence-corrected chi connectivity index (χ1v) is 17.0. The van der Waals surface area contributed by atoms with E-state index >= 15 is 0 Å². The number of benzene rings is 1. The van der Waals surface area contributed by atoms with Gasteiger partial charge in [-0.15, -0.1) is 11.8 Å². The lowest BCUT2D eigenvalue weighted by molar-refractivity contribution is -0.166. The van der Waals surface area contributed by atoms with Crippen LogP contribution >= 0.6 is 11.8 Å². The Balaban J connectivity index is 1.72. The lowest BCUT2D eigenvalue weighted by atomic mass is 9.34. The zero-order chi connectivity index (χ0) is 31.9. The summed E-state index contributed by atoms with van der Waals surface area (Å²) >= 11 is 1.91. The van der Waals surface area contributed by atoms with Gasteiger partial charge in [-0.1, -0.05) is 60.1 Å². The second kappa shape index (κ2) is 10.4. The van der Waals surface area contributed by atoms with Crippen LogP contribution in [0.15, 0.2) is 17.7 Å². The third-order valence-corrected chi connectivity index (χ3v) is 13.8. The average Bonchev–Trinajstić information content (AvgIpc) is 2.89. The number of ether oxygens (including phenoxy) is 2. The topological polar surface area (TPSA) is 95.7 Å². The van der Waals surface area contributed by atoms with Crippen LogP contribution in [0.4, 0.5) is 0 Å². The first kappa shape index (κ1) is 32.1. The number of rotatable bonds is 5. The van der Waals surface area contributed by atoms with E-state index in [1.165, 1.54) is 30.5 Å². The van der Waals surface area contributed by atoms with Crippen LogP contribution in [0.25, 0.3) is 0 Å². The molecule has 43 heavy (non-hydrogen) atoms. The molecule has 0 saturated heterocycles. The van der Waals surface area contributed by atoms with Crippen molar-refractivity contribution in [1.29, 1.82) is 0 Å². The molecule has 0 heterocycles. The monoisotopic (exact) mass is 609 g/mol. The lowest BCUT2D eigenvalue weighted by Gasteiger charge is -2.70. The Morgan fingerprint density at radius 1 is 0.930 bits per heavy atom. The fraction of sp³-hybridized carbons (Fsp3) is 0.694. The second-order valence-electron chi connectivity index (χ2n) is 15.6. The average molecular weight is 610 g/mol. The number of nitrogens with two attached hydrogens (primary N) is 1. The van der Waals surface area contributed by atoms with E-state index in [4.69, 9.17) is 15.2 Å². The Hall–Kier alpha value is -2.28. The molecule has 3 saturated carbocycles. The minimum Gasteiger partial charge on any atom is -0.423 e. The summed E-state index contributed by atoms with van der Waals surface area (Å²) in [5.74, 6) is -0.00922.